The molecule has 0 aliphatic rings. The molecule has 1 aromatic rings. The van der Waals surface area contributed by atoms with E-state index in [0.29, 0.717) is 12.4 Å². The zero-order valence-corrected chi connectivity index (χ0v) is 9.08. The van der Waals surface area contributed by atoms with Crippen molar-refractivity contribution in [2.24, 2.45) is 0 Å². The molecule has 0 amide bonds. The Morgan fingerprint density at radius 1 is 1.62 bits per heavy atom. The molecule has 0 bridgehead atoms. The van der Waals surface area contributed by atoms with Gasteiger partial charge in [0.1, 0.15) is 5.82 Å². The molecule has 0 atom stereocenters. The first-order chi connectivity index (χ1) is 7.60. The first kappa shape index (κ1) is 12.2. The van der Waals surface area contributed by atoms with Gasteiger partial charge in [0.05, 0.1) is 18.6 Å². The van der Waals surface area contributed by atoms with Gasteiger partial charge >= 0.3 is 5.69 Å². The minimum atomic E-state index is -0.554. The number of hydrogen-bond donors (Lipinski definition) is 1. The Morgan fingerprint density at radius 2 is 2.31 bits per heavy atom. The molecule has 0 aliphatic heterocycles. The Bertz CT molecular complexity index is 383. The molecule has 1 rings (SSSR count). The molecule has 0 fully saturated rings. The van der Waals surface area contributed by atoms with Crippen LogP contribution in [0.2, 0.25) is 0 Å². The number of hydrogen-bond acceptors (Lipinski definition) is 6. The third kappa shape index (κ3) is 2.57. The van der Waals surface area contributed by atoms with Crippen LogP contribution < -0.4 is 9.64 Å². The summed E-state index contributed by atoms with van der Waals surface area (Å²) in [4.78, 5) is 15.7. The molecule has 0 spiro atoms. The number of ether oxygens (including phenoxy) is 1. The number of pyridine rings is 1. The number of anilines is 1. The summed E-state index contributed by atoms with van der Waals surface area (Å²) in [5.74, 6) is 0.476. The second-order valence-electron chi connectivity index (χ2n) is 3.10. The number of aliphatic hydroxyl groups excluding tert-OH is 1. The summed E-state index contributed by atoms with van der Waals surface area (Å²) < 4.78 is 4.83. The van der Waals surface area contributed by atoms with Gasteiger partial charge < -0.3 is 14.7 Å². The number of rotatable bonds is 5. The molecule has 16 heavy (non-hydrogen) atoms. The fourth-order valence-electron chi connectivity index (χ4n) is 1.19. The number of nitrogens with zero attached hydrogens (tertiary/aromatic N) is 3. The molecule has 1 heterocycles. The van der Waals surface area contributed by atoms with E-state index in [9.17, 15) is 10.1 Å². The minimum absolute atomic E-state index is 0.0164. The molecule has 0 saturated heterocycles. The number of nitro groups is 1. The lowest BCUT2D eigenvalue weighted by Gasteiger charge is -2.16. The van der Waals surface area contributed by atoms with Gasteiger partial charge in [-0.15, -0.1) is 0 Å². The summed E-state index contributed by atoms with van der Waals surface area (Å²) >= 11 is 0. The van der Waals surface area contributed by atoms with Gasteiger partial charge in [0.25, 0.3) is 5.88 Å². The quantitative estimate of drug-likeness (QED) is 0.579. The van der Waals surface area contributed by atoms with E-state index in [-0.39, 0.29) is 18.2 Å². The van der Waals surface area contributed by atoms with Crippen LogP contribution >= 0.6 is 0 Å². The Balaban J connectivity index is 3.03. The highest BCUT2D eigenvalue weighted by Crippen LogP contribution is 2.26. The Kier molecular flexibility index (Phi) is 4.01. The van der Waals surface area contributed by atoms with E-state index in [1.807, 2.05) is 0 Å². The molecule has 0 aromatic carbocycles. The third-order valence-electron chi connectivity index (χ3n) is 2.04. The van der Waals surface area contributed by atoms with Crippen LogP contribution in [0.3, 0.4) is 0 Å². The van der Waals surface area contributed by atoms with E-state index >= 15 is 0 Å². The molecule has 0 aliphatic carbocycles. The van der Waals surface area contributed by atoms with Crippen LogP contribution in [-0.2, 0) is 0 Å². The van der Waals surface area contributed by atoms with Crippen molar-refractivity contribution in [2.75, 3.05) is 32.2 Å². The second-order valence-corrected chi connectivity index (χ2v) is 3.10. The van der Waals surface area contributed by atoms with Crippen molar-refractivity contribution in [1.29, 1.82) is 0 Å². The summed E-state index contributed by atoms with van der Waals surface area (Å²) in [5.41, 5.74) is -0.177. The summed E-state index contributed by atoms with van der Waals surface area (Å²) in [7, 11) is 3.05. The normalized spacial score (nSPS) is 9.94. The van der Waals surface area contributed by atoms with Crippen molar-refractivity contribution < 1.29 is 14.8 Å². The van der Waals surface area contributed by atoms with Crippen molar-refractivity contribution in [1.82, 2.24) is 4.98 Å². The smallest absolute Gasteiger partial charge is 0.331 e. The van der Waals surface area contributed by atoms with E-state index < -0.39 is 4.92 Å². The molecule has 1 aromatic heterocycles. The monoisotopic (exact) mass is 227 g/mol. The van der Waals surface area contributed by atoms with Gasteiger partial charge in [-0.2, -0.15) is 4.98 Å². The standard InChI is InChI=1S/C9H13N3O4/c1-11(5-6-13)8-4-3-7(12(14)15)9(10-8)16-2/h3-4,13H,5-6H2,1-2H3. The maximum atomic E-state index is 10.6. The Labute approximate surface area is 92.4 Å². The van der Waals surface area contributed by atoms with Crippen molar-refractivity contribution in [3.8, 4) is 5.88 Å². The summed E-state index contributed by atoms with van der Waals surface area (Å²) in [5, 5.41) is 19.4. The zero-order chi connectivity index (χ0) is 12.1. The van der Waals surface area contributed by atoms with Crippen LogP contribution in [0.1, 0.15) is 0 Å². The van der Waals surface area contributed by atoms with Crippen molar-refractivity contribution in [3.05, 3.63) is 22.2 Å². The third-order valence-corrected chi connectivity index (χ3v) is 2.04. The molecule has 0 radical (unpaired) electrons. The fraction of sp³-hybridized carbons (Fsp3) is 0.444. The number of aliphatic hydroxyl groups is 1. The summed E-state index contributed by atoms with van der Waals surface area (Å²) in [6, 6.07) is 2.84. The van der Waals surface area contributed by atoms with Crippen LogP contribution in [0.5, 0.6) is 5.88 Å². The zero-order valence-electron chi connectivity index (χ0n) is 9.08. The van der Waals surface area contributed by atoms with Crippen molar-refractivity contribution in [3.63, 3.8) is 0 Å². The van der Waals surface area contributed by atoms with Gasteiger partial charge in [0, 0.05) is 19.7 Å². The number of aromatic nitrogens is 1. The van der Waals surface area contributed by atoms with Crippen LogP contribution in [-0.4, -0.2) is 42.3 Å². The predicted molar refractivity (Wildman–Crippen MR) is 57.8 cm³/mol. The molecule has 88 valence electrons. The van der Waals surface area contributed by atoms with Gasteiger partial charge in [0.15, 0.2) is 0 Å². The van der Waals surface area contributed by atoms with Crippen LogP contribution in [0.4, 0.5) is 11.5 Å². The average molecular weight is 227 g/mol. The van der Waals surface area contributed by atoms with E-state index in [1.165, 1.54) is 19.2 Å². The molecular weight excluding hydrogens is 214 g/mol. The van der Waals surface area contributed by atoms with Crippen molar-refractivity contribution >= 4 is 11.5 Å². The maximum Gasteiger partial charge on any atom is 0.331 e. The van der Waals surface area contributed by atoms with E-state index in [4.69, 9.17) is 9.84 Å². The number of likely N-dealkylation sites (N-methyl/N-ethyl adjacent to an activating group) is 1. The molecule has 1 N–H and O–H groups in total. The minimum Gasteiger partial charge on any atom is -0.476 e. The SMILES string of the molecule is COc1nc(N(C)CCO)ccc1[N+](=O)[O-]. The lowest BCUT2D eigenvalue weighted by atomic mass is 10.3. The van der Waals surface area contributed by atoms with Crippen molar-refractivity contribution in [2.45, 2.75) is 0 Å². The van der Waals surface area contributed by atoms with Crippen LogP contribution in [0.25, 0.3) is 0 Å². The van der Waals surface area contributed by atoms with Gasteiger partial charge in [-0.1, -0.05) is 0 Å². The Hall–Kier alpha value is -1.89. The number of methoxy groups -OCH3 is 1. The lowest BCUT2D eigenvalue weighted by Crippen LogP contribution is -2.22. The molecule has 7 nitrogen and oxygen atoms in total. The van der Waals surface area contributed by atoms with Gasteiger partial charge in [-0.25, -0.2) is 0 Å². The summed E-state index contributed by atoms with van der Waals surface area (Å²) in [6.45, 7) is 0.380. The average Bonchev–Trinajstić information content (AvgIpc) is 2.28. The molecule has 0 saturated carbocycles. The highest BCUT2D eigenvalue weighted by molar-refractivity contribution is 5.50. The second kappa shape index (κ2) is 5.26. The van der Waals surface area contributed by atoms with E-state index in [1.54, 1.807) is 11.9 Å². The van der Waals surface area contributed by atoms with Gasteiger partial charge in [-0.05, 0) is 6.07 Å². The fourth-order valence-corrected chi connectivity index (χ4v) is 1.19. The lowest BCUT2D eigenvalue weighted by molar-refractivity contribution is -0.386. The van der Waals surface area contributed by atoms with E-state index in [2.05, 4.69) is 4.98 Å². The predicted octanol–water partition coefficient (Wildman–Crippen LogP) is 0.427. The molecular formula is C9H13N3O4. The van der Waals surface area contributed by atoms with Gasteiger partial charge in [-0.3, -0.25) is 10.1 Å². The molecule has 0 unspecified atom stereocenters. The van der Waals surface area contributed by atoms with Gasteiger partial charge in [0.2, 0.25) is 0 Å². The van der Waals surface area contributed by atoms with Crippen LogP contribution in [0.15, 0.2) is 12.1 Å². The Morgan fingerprint density at radius 3 is 2.81 bits per heavy atom. The van der Waals surface area contributed by atoms with Crippen LogP contribution in [0, 0.1) is 10.1 Å². The first-order valence-electron chi connectivity index (χ1n) is 4.61. The molecule has 7 heteroatoms. The largest absolute Gasteiger partial charge is 0.476 e. The maximum absolute atomic E-state index is 10.6. The summed E-state index contributed by atoms with van der Waals surface area (Å²) in [6.07, 6.45) is 0. The van der Waals surface area contributed by atoms with E-state index in [0.717, 1.165) is 0 Å². The highest BCUT2D eigenvalue weighted by Gasteiger charge is 2.17. The first-order valence-corrected chi connectivity index (χ1v) is 4.61. The highest BCUT2D eigenvalue weighted by atomic mass is 16.6. The topological polar surface area (TPSA) is 88.7 Å².